The first kappa shape index (κ1) is 21.2. The van der Waals surface area contributed by atoms with E-state index in [1.54, 1.807) is 9.25 Å². The molecular weight excluding hydrogens is 616 g/mol. The summed E-state index contributed by atoms with van der Waals surface area (Å²) in [5.41, 5.74) is 9.63. The number of fused-ring (bicyclic) bond motifs is 2. The van der Waals surface area contributed by atoms with Gasteiger partial charge in [0.2, 0.25) is 0 Å². The number of aryl methyl sites for hydroxylation is 2. The zero-order valence-corrected chi connectivity index (χ0v) is 21.2. The number of nitrogens with two attached hydrogens (primary N) is 1. The molecule has 5 rings (SSSR count). The molecule has 2 N–H and O–H groups in total. The fraction of sp³-hybridized carbons (Fsp3) is 0.136. The molecule has 0 bridgehead atoms. The van der Waals surface area contributed by atoms with Gasteiger partial charge in [0.05, 0.1) is 29.5 Å². The number of hydrogen-bond acceptors (Lipinski definition) is 6. The SMILES string of the molecule is Cc1ccccc1-n1c(Cn2n[c-]c3c(N)ncnc32)nc2cccc(C)c2c1=O.[U]. The largest absolute Gasteiger partial charge is 0.434 e. The topological polar surface area (TPSA) is 105 Å². The number of hydrogen-bond donors (Lipinski definition) is 1. The molecule has 0 aliphatic carbocycles. The summed E-state index contributed by atoms with van der Waals surface area (Å²) in [7, 11) is 0. The maximum absolute atomic E-state index is 13.6. The van der Waals surface area contributed by atoms with Crippen molar-refractivity contribution in [3.63, 3.8) is 0 Å². The van der Waals surface area contributed by atoms with Gasteiger partial charge in [-0.2, -0.15) is 0 Å². The second-order valence-corrected chi connectivity index (χ2v) is 7.15. The van der Waals surface area contributed by atoms with Crippen LogP contribution in [0.25, 0.3) is 27.6 Å². The Bertz CT molecular complexity index is 1490. The maximum Gasteiger partial charge on any atom is 0.266 e. The predicted octanol–water partition coefficient (Wildman–Crippen LogP) is 2.57. The first-order valence-corrected chi connectivity index (χ1v) is 9.46. The van der Waals surface area contributed by atoms with Crippen LogP contribution in [0.4, 0.5) is 5.82 Å². The van der Waals surface area contributed by atoms with Crippen molar-refractivity contribution in [1.82, 2.24) is 29.3 Å². The third-order valence-corrected chi connectivity index (χ3v) is 5.21. The molecule has 3 aromatic heterocycles. The zero-order chi connectivity index (χ0) is 20.8. The van der Waals surface area contributed by atoms with Crippen molar-refractivity contribution >= 4 is 27.8 Å². The Labute approximate surface area is 201 Å². The molecule has 9 heteroatoms. The molecule has 0 radical (unpaired) electrons. The number of nitrogens with zero attached hydrogens (tertiary/aromatic N) is 6. The molecule has 0 unspecified atom stereocenters. The van der Waals surface area contributed by atoms with E-state index >= 15 is 0 Å². The van der Waals surface area contributed by atoms with Crippen LogP contribution in [0.1, 0.15) is 17.0 Å². The van der Waals surface area contributed by atoms with Crippen molar-refractivity contribution < 1.29 is 31.1 Å². The van der Waals surface area contributed by atoms with Gasteiger partial charge in [-0.25, -0.2) is 4.98 Å². The van der Waals surface area contributed by atoms with Crippen LogP contribution in [0.3, 0.4) is 0 Å². The van der Waals surface area contributed by atoms with E-state index in [-0.39, 0.29) is 43.2 Å². The molecule has 0 aliphatic heterocycles. The summed E-state index contributed by atoms with van der Waals surface area (Å²) >= 11 is 0. The Balaban J connectivity index is 0.00000231. The van der Waals surface area contributed by atoms with Crippen molar-refractivity contribution in [2.45, 2.75) is 20.4 Å². The number of para-hydroxylation sites is 1. The van der Waals surface area contributed by atoms with E-state index in [2.05, 4.69) is 21.3 Å². The number of anilines is 1. The van der Waals surface area contributed by atoms with Crippen LogP contribution >= 0.6 is 0 Å². The van der Waals surface area contributed by atoms with Crippen LogP contribution in [-0.4, -0.2) is 29.3 Å². The molecule has 0 atom stereocenters. The summed E-state index contributed by atoms with van der Waals surface area (Å²) in [6, 6.07) is 13.4. The van der Waals surface area contributed by atoms with Crippen molar-refractivity contribution in [1.29, 1.82) is 0 Å². The van der Waals surface area contributed by atoms with Crippen molar-refractivity contribution in [2.24, 2.45) is 0 Å². The second kappa shape index (κ2) is 8.25. The van der Waals surface area contributed by atoms with Crippen LogP contribution in [0.15, 0.2) is 53.6 Å². The van der Waals surface area contributed by atoms with Gasteiger partial charge in [0, 0.05) is 42.6 Å². The molecular formula is C22H18N7OU-. The smallest absolute Gasteiger partial charge is 0.266 e. The standard InChI is InChI=1S/C22H18N7O.U/c1-13-6-3-4-9-17(13)29-18(27-16-8-5-7-14(2)19(16)22(29)30)11-28-21-15(10-26-28)20(23)24-12-25-21;/h3-9,12H,11H2,1-2H3,(H2,23,24,25);/q-1;. The molecule has 152 valence electrons. The Morgan fingerprint density at radius 1 is 1.03 bits per heavy atom. The summed E-state index contributed by atoms with van der Waals surface area (Å²) in [5, 5.41) is 5.43. The molecule has 0 spiro atoms. The van der Waals surface area contributed by atoms with Gasteiger partial charge in [0.25, 0.3) is 5.56 Å². The molecule has 0 saturated carbocycles. The Morgan fingerprint density at radius 2 is 1.81 bits per heavy atom. The summed E-state index contributed by atoms with van der Waals surface area (Å²) in [4.78, 5) is 26.7. The minimum absolute atomic E-state index is 0. The number of benzene rings is 2. The zero-order valence-electron chi connectivity index (χ0n) is 17.0. The van der Waals surface area contributed by atoms with Crippen molar-refractivity contribution in [2.75, 3.05) is 5.73 Å². The van der Waals surface area contributed by atoms with Crippen LogP contribution < -0.4 is 11.3 Å². The summed E-state index contributed by atoms with van der Waals surface area (Å²) in [5.74, 6) is 0.854. The molecule has 0 amide bonds. The van der Waals surface area contributed by atoms with Gasteiger partial charge in [0.1, 0.15) is 5.82 Å². The molecule has 2 aromatic carbocycles. The van der Waals surface area contributed by atoms with Gasteiger partial charge >= 0.3 is 0 Å². The van der Waals surface area contributed by atoms with Gasteiger partial charge in [-0.05, 0) is 43.3 Å². The van der Waals surface area contributed by atoms with Crippen LogP contribution in [0.2, 0.25) is 0 Å². The van der Waals surface area contributed by atoms with Crippen LogP contribution in [0, 0.1) is 51.2 Å². The monoisotopic (exact) mass is 634 g/mol. The van der Waals surface area contributed by atoms with Gasteiger partial charge in [-0.3, -0.25) is 24.4 Å². The minimum Gasteiger partial charge on any atom is -0.434 e. The minimum atomic E-state index is -0.114. The predicted molar refractivity (Wildman–Crippen MR) is 114 cm³/mol. The Kier molecular flexibility index (Phi) is 5.65. The van der Waals surface area contributed by atoms with Gasteiger partial charge in [-0.15, -0.1) is 0 Å². The molecule has 3 heterocycles. The van der Waals surface area contributed by atoms with E-state index in [9.17, 15) is 4.79 Å². The van der Waals surface area contributed by atoms with Gasteiger partial charge in [0.15, 0.2) is 0 Å². The fourth-order valence-corrected chi connectivity index (χ4v) is 3.70. The van der Waals surface area contributed by atoms with Gasteiger partial charge in [-0.1, -0.05) is 35.7 Å². The van der Waals surface area contributed by atoms with E-state index in [1.165, 1.54) is 6.33 Å². The molecule has 0 aliphatic rings. The molecule has 8 nitrogen and oxygen atoms in total. The number of rotatable bonds is 3. The maximum atomic E-state index is 13.6. The Morgan fingerprint density at radius 3 is 2.61 bits per heavy atom. The van der Waals surface area contributed by atoms with Gasteiger partial charge < -0.3 is 10.4 Å². The third-order valence-electron chi connectivity index (χ3n) is 5.21. The van der Waals surface area contributed by atoms with E-state index < -0.39 is 0 Å². The second-order valence-electron chi connectivity index (χ2n) is 7.15. The summed E-state index contributed by atoms with van der Waals surface area (Å²) in [6.07, 6.45) is 4.24. The van der Waals surface area contributed by atoms with E-state index in [0.717, 1.165) is 16.8 Å². The quantitative estimate of drug-likeness (QED) is 0.306. The Hall–Kier alpha value is -3.02. The van der Waals surface area contributed by atoms with E-state index in [4.69, 9.17) is 10.7 Å². The van der Waals surface area contributed by atoms with Crippen LogP contribution in [0.5, 0.6) is 0 Å². The first-order valence-electron chi connectivity index (χ1n) is 9.46. The molecule has 31 heavy (non-hydrogen) atoms. The number of nitrogen functional groups attached to an aromatic ring is 1. The van der Waals surface area contributed by atoms with Crippen molar-refractivity contribution in [3.8, 4) is 5.69 Å². The van der Waals surface area contributed by atoms with E-state index in [0.29, 0.717) is 33.6 Å². The van der Waals surface area contributed by atoms with Crippen LogP contribution in [-0.2, 0) is 6.54 Å². The summed E-state index contributed by atoms with van der Waals surface area (Å²) < 4.78 is 3.29. The normalized spacial score (nSPS) is 11.0. The molecule has 0 saturated heterocycles. The first-order chi connectivity index (χ1) is 14.5. The third kappa shape index (κ3) is 3.54. The summed E-state index contributed by atoms with van der Waals surface area (Å²) in [6.45, 7) is 4.12. The molecule has 0 fully saturated rings. The van der Waals surface area contributed by atoms with E-state index in [1.807, 2.05) is 56.3 Å². The van der Waals surface area contributed by atoms with Crippen molar-refractivity contribution in [3.05, 3.63) is 82.3 Å². The fourth-order valence-electron chi connectivity index (χ4n) is 3.70. The average Bonchev–Trinajstić information content (AvgIpc) is 3.13. The number of aromatic nitrogens is 6. The average molecular weight is 634 g/mol. The molecule has 5 aromatic rings.